The van der Waals surface area contributed by atoms with Crippen LogP contribution in [-0.4, -0.2) is 120 Å². The molecule has 3 aliphatic carbocycles. The number of carbonyl (C=O) groups excluding carboxylic acids is 3. The van der Waals surface area contributed by atoms with Gasteiger partial charge < -0.3 is 24.4 Å². The molecule has 2 aromatic carbocycles. The highest BCUT2D eigenvalue weighted by Gasteiger charge is 2.35. The maximum absolute atomic E-state index is 13.4. The molecule has 4 atom stereocenters. The topological polar surface area (TPSA) is 220 Å². The maximum Gasteiger partial charge on any atom is 0.420 e. The van der Waals surface area contributed by atoms with Crippen LogP contribution in [0, 0.1) is 71.7 Å². The predicted octanol–water partition coefficient (Wildman–Crippen LogP) is 16.3. The van der Waals surface area contributed by atoms with Gasteiger partial charge in [0.1, 0.15) is 44.9 Å². The van der Waals surface area contributed by atoms with E-state index in [0.29, 0.717) is 64.3 Å². The fourth-order valence-electron chi connectivity index (χ4n) is 13.6. The molecule has 5 aliphatic rings. The van der Waals surface area contributed by atoms with Gasteiger partial charge in [0.25, 0.3) is 0 Å². The van der Waals surface area contributed by atoms with Crippen molar-refractivity contribution in [2.24, 2.45) is 11.8 Å². The van der Waals surface area contributed by atoms with E-state index in [1.807, 2.05) is 130 Å². The van der Waals surface area contributed by atoms with Crippen molar-refractivity contribution in [2.75, 3.05) is 26.2 Å². The van der Waals surface area contributed by atoms with Crippen LogP contribution in [0.25, 0.3) is 51.2 Å². The maximum atomic E-state index is 13.4. The second kappa shape index (κ2) is 31.0. The smallest absolute Gasteiger partial charge is 0.420 e. The van der Waals surface area contributed by atoms with Gasteiger partial charge in [0.15, 0.2) is 11.3 Å². The van der Waals surface area contributed by atoms with Gasteiger partial charge in [0.05, 0.1) is 33.5 Å². The van der Waals surface area contributed by atoms with Gasteiger partial charge in [-0.2, -0.15) is 0 Å². The van der Waals surface area contributed by atoms with Crippen molar-refractivity contribution in [3.63, 3.8) is 0 Å². The standard InChI is InChI=1S/C38H41N5O4.C29H26N4.C19H17IN4O2/c1-24-19-25(16-17-39-24)10-14-29-21-40-34-33(41-29)32(23-43(34)36(45)47-38(5,6)7)27-12-11-26-13-15-30(31(26)20-27)28-9-8-18-42(22-28)35(44)46-37(2,3)4;1-19-15-20(12-14-31-19)4-8-24-18-32-28-11-10-26(29(28)33-24)22-6-5-21-7-9-25(27(21)16-22)23-3-2-13-30-17-23;1-12-9-13(7-8-21-12)5-6-14-10-22-17-16(23-14)15(20)11-24(17)18(25)26-19(2,3)4/h11-13,15-17,19-21,23,28,30H,8-9,18,22H2,1-7H3;5-7,9-10,12,14-16,18,23,25,30H,2-3,11,13,17H2,1H3;7-11H,1-4H3. The second-order valence-electron chi connectivity index (χ2n) is 30.1. The third kappa shape index (κ3) is 17.7. The average Bonchev–Trinajstić information content (AvgIpc) is 1.62. The molecule has 4 unspecified atom stereocenters. The Hall–Kier alpha value is -11.0. The minimum Gasteiger partial charge on any atom is -0.444 e. The van der Waals surface area contributed by atoms with E-state index in [2.05, 4.69) is 159 Å². The number of halogens is 1. The van der Waals surface area contributed by atoms with Crippen LogP contribution < -0.4 is 5.32 Å². The quantitative estimate of drug-likeness (QED) is 0.0983. The van der Waals surface area contributed by atoms with Crippen LogP contribution in [0.2, 0.25) is 0 Å². The van der Waals surface area contributed by atoms with Crippen molar-refractivity contribution in [3.05, 3.63) is 234 Å². The molecule has 0 spiro atoms. The van der Waals surface area contributed by atoms with Crippen molar-refractivity contribution in [1.29, 1.82) is 0 Å². The van der Waals surface area contributed by atoms with Gasteiger partial charge in [-0.1, -0.05) is 72.4 Å². The lowest BCUT2D eigenvalue weighted by molar-refractivity contribution is 0.0158. The molecular formula is C86H84IN13O6. The first-order valence-corrected chi connectivity index (χ1v) is 36.9. The number of rotatable bonds is 4. The molecule has 2 aliphatic heterocycles. The molecule has 19 nitrogen and oxygen atoms in total. The molecule has 0 saturated carbocycles. The van der Waals surface area contributed by atoms with Crippen LogP contribution in [0.1, 0.15) is 190 Å². The number of amides is 1. The minimum atomic E-state index is -0.686. The lowest BCUT2D eigenvalue weighted by atomic mass is 9.81. The monoisotopic (exact) mass is 1520 g/mol. The normalized spacial score (nSPS) is 17.0. The van der Waals surface area contributed by atoms with Crippen LogP contribution >= 0.6 is 22.6 Å². The summed E-state index contributed by atoms with van der Waals surface area (Å²) in [6.45, 7) is 26.0. The molecule has 15 rings (SSSR count). The molecule has 1 N–H and O–H groups in total. The Morgan fingerprint density at radius 1 is 0.538 bits per heavy atom. The SMILES string of the molecule is Cc1cc(C#Cc2cnc3c(n2)C(c2ccc4c(c2)C(C2CCCNC2)C=C4)=CC3)ccn1.Cc1cc(C#Cc2cnc3c(n2)c(-c2ccc4c(c2)C(C2CCCN(C(=O)OC(C)(C)C)C2)C=C4)cn3C(=O)OC(C)(C)C)ccn1.Cc1cc(C#Cc2cnc3c(n2)c(I)cn3C(=O)OC(C)(C)C)ccn1. The minimum absolute atomic E-state index is 0.144. The summed E-state index contributed by atoms with van der Waals surface area (Å²) in [5.74, 6) is 20.3. The number of pyridine rings is 3. The highest BCUT2D eigenvalue weighted by Crippen LogP contribution is 2.44. The third-order valence-electron chi connectivity index (χ3n) is 18.4. The van der Waals surface area contributed by atoms with Crippen LogP contribution in [0.4, 0.5) is 14.4 Å². The number of likely N-dealkylation sites (tertiary alicyclic amines) is 1. The molecule has 106 heavy (non-hydrogen) atoms. The number of nitrogens with zero attached hydrogens (tertiary/aromatic N) is 12. The van der Waals surface area contributed by atoms with E-state index in [9.17, 15) is 14.4 Å². The summed E-state index contributed by atoms with van der Waals surface area (Å²) in [5, 5.41) is 3.58. The number of ether oxygens (including phenoxy) is 3. The van der Waals surface area contributed by atoms with E-state index < -0.39 is 29.0 Å². The second-order valence-corrected chi connectivity index (χ2v) is 31.3. The summed E-state index contributed by atoms with van der Waals surface area (Å²) in [5.41, 5.74) is 18.5. The first-order valence-electron chi connectivity index (χ1n) is 35.8. The Morgan fingerprint density at radius 2 is 1.03 bits per heavy atom. The zero-order valence-electron chi connectivity index (χ0n) is 61.8. The zero-order valence-corrected chi connectivity index (χ0v) is 64.0. The zero-order chi connectivity index (χ0) is 74.6. The van der Waals surface area contributed by atoms with Crippen molar-refractivity contribution < 1.29 is 28.6 Å². The van der Waals surface area contributed by atoms with Crippen LogP contribution in [0.3, 0.4) is 0 Å². The first kappa shape index (κ1) is 73.3. The summed E-state index contributed by atoms with van der Waals surface area (Å²) in [6.07, 6.45) is 29.0. The number of hydrogen-bond acceptors (Lipinski definition) is 16. The first-order chi connectivity index (χ1) is 50.7. The van der Waals surface area contributed by atoms with Crippen molar-refractivity contribution >= 4 is 80.9 Å². The number of carbonyl (C=O) groups is 3. The van der Waals surface area contributed by atoms with Gasteiger partial charge in [0.2, 0.25) is 0 Å². The summed E-state index contributed by atoms with van der Waals surface area (Å²) in [4.78, 5) is 81.1. The predicted molar refractivity (Wildman–Crippen MR) is 420 cm³/mol. The third-order valence-corrected chi connectivity index (χ3v) is 19.2. The summed E-state index contributed by atoms with van der Waals surface area (Å²) in [6, 6.07) is 24.6. The van der Waals surface area contributed by atoms with E-state index in [1.165, 1.54) is 49.8 Å². The molecule has 0 bridgehead atoms. The Kier molecular flexibility index (Phi) is 21.4. The fourth-order valence-corrected chi connectivity index (χ4v) is 14.3. The van der Waals surface area contributed by atoms with Gasteiger partial charge in [-0.25, -0.2) is 48.4 Å². The molecular weight excluding hydrogens is 1440 g/mol. The molecule has 2 fully saturated rings. The number of benzene rings is 2. The molecule has 536 valence electrons. The number of hydrogen-bond donors (Lipinski definition) is 1. The van der Waals surface area contributed by atoms with E-state index in [-0.39, 0.29) is 17.9 Å². The molecule has 0 radical (unpaired) electrons. The van der Waals surface area contributed by atoms with Gasteiger partial charge in [0, 0.05) is 107 Å². The van der Waals surface area contributed by atoms with Gasteiger partial charge in [-0.15, -0.1) is 0 Å². The lowest BCUT2D eigenvalue weighted by Crippen LogP contribution is -2.43. The van der Waals surface area contributed by atoms with Crippen molar-refractivity contribution in [1.82, 2.24) is 64.2 Å². The molecule has 2 saturated heterocycles. The molecule has 20 heteroatoms. The van der Waals surface area contributed by atoms with E-state index in [0.717, 1.165) is 97.8 Å². The number of fused-ring (bicyclic) bond motifs is 5. The molecule has 10 heterocycles. The summed E-state index contributed by atoms with van der Waals surface area (Å²) < 4.78 is 20.4. The van der Waals surface area contributed by atoms with Crippen molar-refractivity contribution in [3.8, 4) is 46.6 Å². The number of piperidine rings is 2. The number of nitrogens with one attached hydrogen (secondary N) is 1. The Morgan fingerprint density at radius 3 is 1.58 bits per heavy atom. The van der Waals surface area contributed by atoms with E-state index in [1.54, 1.807) is 49.6 Å². The van der Waals surface area contributed by atoms with Crippen LogP contribution in [0.15, 0.2) is 141 Å². The average molecular weight is 1520 g/mol. The number of aryl methyl sites for hydroxylation is 3. The van der Waals surface area contributed by atoms with Gasteiger partial charge in [-0.3, -0.25) is 19.9 Å². The van der Waals surface area contributed by atoms with Crippen LogP contribution in [-0.2, 0) is 20.6 Å². The van der Waals surface area contributed by atoms with Gasteiger partial charge >= 0.3 is 18.3 Å². The van der Waals surface area contributed by atoms with Gasteiger partial charge in [-0.05, 0) is 256 Å². The van der Waals surface area contributed by atoms with E-state index in [4.69, 9.17) is 24.2 Å². The highest BCUT2D eigenvalue weighted by atomic mass is 127. The Labute approximate surface area is 632 Å². The van der Waals surface area contributed by atoms with Crippen LogP contribution in [0.5, 0.6) is 0 Å². The number of aromatic nitrogens is 11. The highest BCUT2D eigenvalue weighted by molar-refractivity contribution is 14.1. The van der Waals surface area contributed by atoms with E-state index >= 15 is 0 Å². The largest absolute Gasteiger partial charge is 0.444 e. The molecule has 10 aromatic rings. The molecule has 1 amide bonds. The lowest BCUT2D eigenvalue weighted by Gasteiger charge is -2.36. The molecule has 8 aromatic heterocycles. The Bertz CT molecular complexity index is 5390. The summed E-state index contributed by atoms with van der Waals surface area (Å²) >= 11 is 2.12. The summed E-state index contributed by atoms with van der Waals surface area (Å²) in [7, 11) is 0. The fraction of sp³-hybridized carbons (Fsp3) is 0.326. The number of allylic oxidation sites excluding steroid dienone is 3. The van der Waals surface area contributed by atoms with Crippen molar-refractivity contribution in [2.45, 2.75) is 144 Å². The Balaban J connectivity index is 0.000000148.